The lowest BCUT2D eigenvalue weighted by Gasteiger charge is -2.26. The first kappa shape index (κ1) is 18.9. The summed E-state index contributed by atoms with van der Waals surface area (Å²) in [6.45, 7) is 2.06. The van der Waals surface area contributed by atoms with Crippen LogP contribution in [0.5, 0.6) is 0 Å². The van der Waals surface area contributed by atoms with Crippen LogP contribution in [0.4, 0.5) is 17.1 Å². The molecular formula is C19H21N3O4S. The van der Waals surface area contributed by atoms with E-state index in [1.165, 1.54) is 19.1 Å². The third-order valence-electron chi connectivity index (χ3n) is 4.24. The summed E-state index contributed by atoms with van der Waals surface area (Å²) in [5.74, 6) is -0.134. The molecule has 0 aliphatic carbocycles. The van der Waals surface area contributed by atoms with E-state index < -0.39 is 10.0 Å². The van der Waals surface area contributed by atoms with Crippen molar-refractivity contribution in [2.75, 3.05) is 21.5 Å². The average Bonchev–Trinajstić information content (AvgIpc) is 2.63. The van der Waals surface area contributed by atoms with Crippen LogP contribution in [0.2, 0.25) is 0 Å². The maximum absolute atomic E-state index is 12.6. The van der Waals surface area contributed by atoms with Gasteiger partial charge in [0.05, 0.1) is 4.90 Å². The highest BCUT2D eigenvalue weighted by Crippen LogP contribution is 2.24. The molecule has 3 rings (SSSR count). The first-order valence-corrected chi connectivity index (χ1v) is 10.1. The van der Waals surface area contributed by atoms with Crippen molar-refractivity contribution in [1.29, 1.82) is 0 Å². The van der Waals surface area contributed by atoms with Crippen LogP contribution in [-0.2, 0) is 19.6 Å². The first-order valence-electron chi connectivity index (χ1n) is 8.66. The van der Waals surface area contributed by atoms with Crippen LogP contribution in [0, 0.1) is 0 Å². The fraction of sp³-hybridized carbons (Fsp3) is 0.263. The number of sulfonamides is 1. The molecule has 7 nitrogen and oxygen atoms in total. The van der Waals surface area contributed by atoms with Gasteiger partial charge in [-0.25, -0.2) is 8.42 Å². The molecule has 0 spiro atoms. The van der Waals surface area contributed by atoms with E-state index in [4.69, 9.17) is 0 Å². The standard InChI is InChI=1S/C19H21N3O4S/c1-14(23)20-15-5-7-16(8-6-15)21-27(25,26)18-11-9-17(10-12-18)22-13-3-2-4-19(22)24/h5-12,21H,2-4,13H2,1H3,(H,20,23). The number of nitrogens with one attached hydrogen (secondary N) is 2. The molecule has 8 heteroatoms. The molecule has 0 aromatic heterocycles. The highest BCUT2D eigenvalue weighted by atomic mass is 32.2. The third kappa shape index (κ3) is 4.65. The summed E-state index contributed by atoms with van der Waals surface area (Å²) in [5.41, 5.74) is 1.68. The molecule has 1 fully saturated rings. The molecule has 2 N–H and O–H groups in total. The number of nitrogens with zero attached hydrogens (tertiary/aromatic N) is 1. The van der Waals surface area contributed by atoms with E-state index in [0.29, 0.717) is 30.0 Å². The molecule has 142 valence electrons. The van der Waals surface area contributed by atoms with Gasteiger partial charge in [0.2, 0.25) is 11.8 Å². The minimum absolute atomic E-state index is 0.0641. The maximum atomic E-state index is 12.6. The second-order valence-corrected chi connectivity index (χ2v) is 8.04. The summed E-state index contributed by atoms with van der Waals surface area (Å²) in [5, 5.41) is 2.62. The van der Waals surface area contributed by atoms with E-state index in [-0.39, 0.29) is 16.7 Å². The Morgan fingerprint density at radius 3 is 2.19 bits per heavy atom. The van der Waals surface area contributed by atoms with Crippen molar-refractivity contribution in [3.05, 3.63) is 48.5 Å². The van der Waals surface area contributed by atoms with Gasteiger partial charge in [-0.3, -0.25) is 14.3 Å². The fourth-order valence-electron chi connectivity index (χ4n) is 2.92. The van der Waals surface area contributed by atoms with Gasteiger partial charge in [-0.1, -0.05) is 0 Å². The normalized spacial score (nSPS) is 14.7. The summed E-state index contributed by atoms with van der Waals surface area (Å²) < 4.78 is 27.6. The number of hydrogen-bond acceptors (Lipinski definition) is 4. The molecule has 0 radical (unpaired) electrons. The van der Waals surface area contributed by atoms with Crippen LogP contribution in [-0.4, -0.2) is 26.8 Å². The SMILES string of the molecule is CC(=O)Nc1ccc(NS(=O)(=O)c2ccc(N3CCCCC3=O)cc2)cc1. The van der Waals surface area contributed by atoms with Crippen LogP contribution < -0.4 is 14.9 Å². The number of carbonyl (C=O) groups excluding carboxylic acids is 2. The molecule has 0 unspecified atom stereocenters. The zero-order valence-corrected chi connectivity index (χ0v) is 15.8. The Balaban J connectivity index is 1.73. The molecule has 1 heterocycles. The zero-order chi connectivity index (χ0) is 19.4. The lowest BCUT2D eigenvalue weighted by Crippen LogP contribution is -2.35. The van der Waals surface area contributed by atoms with Crippen molar-refractivity contribution < 1.29 is 18.0 Å². The third-order valence-corrected chi connectivity index (χ3v) is 5.64. The number of rotatable bonds is 5. The molecule has 1 aliphatic rings. The number of hydrogen-bond donors (Lipinski definition) is 2. The summed E-state index contributed by atoms with van der Waals surface area (Å²) in [7, 11) is -3.75. The number of amides is 2. The van der Waals surface area contributed by atoms with Crippen LogP contribution in [0.25, 0.3) is 0 Å². The predicted molar refractivity (Wildman–Crippen MR) is 104 cm³/mol. The lowest BCUT2D eigenvalue weighted by atomic mass is 10.1. The van der Waals surface area contributed by atoms with Crippen molar-refractivity contribution in [3.8, 4) is 0 Å². The fourth-order valence-corrected chi connectivity index (χ4v) is 3.98. The highest BCUT2D eigenvalue weighted by Gasteiger charge is 2.20. The maximum Gasteiger partial charge on any atom is 0.261 e. The quantitative estimate of drug-likeness (QED) is 0.824. The lowest BCUT2D eigenvalue weighted by molar-refractivity contribution is -0.119. The second-order valence-electron chi connectivity index (χ2n) is 6.36. The largest absolute Gasteiger partial charge is 0.326 e. The Labute approximate surface area is 158 Å². The summed E-state index contributed by atoms with van der Waals surface area (Å²) >= 11 is 0. The monoisotopic (exact) mass is 387 g/mol. The van der Waals surface area contributed by atoms with Crippen molar-refractivity contribution >= 4 is 38.9 Å². The Morgan fingerprint density at radius 2 is 1.59 bits per heavy atom. The second kappa shape index (κ2) is 7.79. The zero-order valence-electron chi connectivity index (χ0n) is 14.9. The Morgan fingerprint density at radius 1 is 0.963 bits per heavy atom. The smallest absolute Gasteiger partial charge is 0.261 e. The van der Waals surface area contributed by atoms with Gasteiger partial charge in [-0.2, -0.15) is 0 Å². The van der Waals surface area contributed by atoms with E-state index in [1.807, 2.05) is 0 Å². The van der Waals surface area contributed by atoms with Crippen molar-refractivity contribution in [1.82, 2.24) is 0 Å². The van der Waals surface area contributed by atoms with Crippen molar-refractivity contribution in [3.63, 3.8) is 0 Å². The molecule has 1 saturated heterocycles. The number of piperidine rings is 1. The van der Waals surface area contributed by atoms with Crippen LogP contribution in [0.3, 0.4) is 0 Å². The van der Waals surface area contributed by atoms with E-state index in [9.17, 15) is 18.0 Å². The molecule has 27 heavy (non-hydrogen) atoms. The average molecular weight is 387 g/mol. The molecule has 1 aliphatic heterocycles. The van der Waals surface area contributed by atoms with E-state index >= 15 is 0 Å². The summed E-state index contributed by atoms with van der Waals surface area (Å²) in [6, 6.07) is 12.7. The predicted octanol–water partition coefficient (Wildman–Crippen LogP) is 2.96. The summed E-state index contributed by atoms with van der Waals surface area (Å²) in [6.07, 6.45) is 2.37. The Bertz CT molecular complexity index is 938. The number of carbonyl (C=O) groups is 2. The molecule has 0 bridgehead atoms. The number of benzene rings is 2. The van der Waals surface area contributed by atoms with Crippen LogP contribution >= 0.6 is 0 Å². The molecule has 2 aromatic carbocycles. The van der Waals surface area contributed by atoms with Gasteiger partial charge in [-0.15, -0.1) is 0 Å². The van der Waals surface area contributed by atoms with Gasteiger partial charge in [0.25, 0.3) is 10.0 Å². The van der Waals surface area contributed by atoms with E-state index in [1.54, 1.807) is 41.3 Å². The molecule has 0 saturated carbocycles. The topological polar surface area (TPSA) is 95.6 Å². The molecule has 2 aromatic rings. The Hall–Kier alpha value is -2.87. The minimum atomic E-state index is -3.75. The van der Waals surface area contributed by atoms with E-state index in [0.717, 1.165) is 12.8 Å². The first-order chi connectivity index (χ1) is 12.8. The van der Waals surface area contributed by atoms with Gasteiger partial charge in [0.15, 0.2) is 0 Å². The molecule has 0 atom stereocenters. The molecule has 2 amide bonds. The van der Waals surface area contributed by atoms with Gasteiger partial charge >= 0.3 is 0 Å². The van der Waals surface area contributed by atoms with Crippen LogP contribution in [0.1, 0.15) is 26.2 Å². The van der Waals surface area contributed by atoms with Gasteiger partial charge in [-0.05, 0) is 61.4 Å². The Kier molecular flexibility index (Phi) is 5.46. The van der Waals surface area contributed by atoms with Crippen LogP contribution in [0.15, 0.2) is 53.4 Å². The van der Waals surface area contributed by atoms with Gasteiger partial charge in [0, 0.05) is 37.0 Å². The number of anilines is 3. The highest BCUT2D eigenvalue weighted by molar-refractivity contribution is 7.92. The summed E-state index contributed by atoms with van der Waals surface area (Å²) in [4.78, 5) is 24.8. The van der Waals surface area contributed by atoms with Crippen molar-refractivity contribution in [2.24, 2.45) is 0 Å². The minimum Gasteiger partial charge on any atom is -0.326 e. The van der Waals surface area contributed by atoms with Gasteiger partial charge < -0.3 is 10.2 Å². The molecular weight excluding hydrogens is 366 g/mol. The van der Waals surface area contributed by atoms with Gasteiger partial charge in [0.1, 0.15) is 0 Å². The van der Waals surface area contributed by atoms with Crippen molar-refractivity contribution in [2.45, 2.75) is 31.1 Å². The van der Waals surface area contributed by atoms with E-state index in [2.05, 4.69) is 10.0 Å².